The Morgan fingerprint density at radius 2 is 2.00 bits per heavy atom. The van der Waals surface area contributed by atoms with E-state index in [1.165, 1.54) is 0 Å². The van der Waals surface area contributed by atoms with Gasteiger partial charge in [0.1, 0.15) is 0 Å². The average Bonchev–Trinajstić information content (AvgIpc) is 1.78. The van der Waals surface area contributed by atoms with Crippen LogP contribution in [0, 0.1) is 10.6 Å². The lowest BCUT2D eigenvalue weighted by Crippen LogP contribution is -2.35. The standard InChI is InChI=1S/C7H15NO/c1-7(2)4-5-8(3,9)6-7/h4-6H2,1-3H3. The van der Waals surface area contributed by atoms with Gasteiger partial charge < -0.3 is 9.85 Å². The molecule has 0 N–H and O–H groups in total. The Bertz CT molecular complexity index is 104. The van der Waals surface area contributed by atoms with Gasteiger partial charge in [0, 0.05) is 11.8 Å². The topological polar surface area (TPSA) is 23.1 Å². The van der Waals surface area contributed by atoms with Crippen LogP contribution in [0.3, 0.4) is 0 Å². The number of hydrogen-bond donors (Lipinski definition) is 0. The van der Waals surface area contributed by atoms with Gasteiger partial charge in [-0.05, 0) is 0 Å². The number of nitrogens with zero attached hydrogens (tertiary/aromatic N) is 1. The van der Waals surface area contributed by atoms with E-state index >= 15 is 0 Å². The summed E-state index contributed by atoms with van der Waals surface area (Å²) >= 11 is 0. The van der Waals surface area contributed by atoms with Crippen LogP contribution < -0.4 is 0 Å². The van der Waals surface area contributed by atoms with Crippen LogP contribution in [0.2, 0.25) is 0 Å². The molecule has 1 unspecified atom stereocenters. The summed E-state index contributed by atoms with van der Waals surface area (Å²) in [5, 5.41) is 11.3. The zero-order chi connectivity index (χ0) is 7.12. The van der Waals surface area contributed by atoms with Crippen molar-refractivity contribution in [3.8, 4) is 0 Å². The molecule has 1 atom stereocenters. The van der Waals surface area contributed by atoms with Crippen molar-refractivity contribution in [2.24, 2.45) is 5.41 Å². The molecule has 1 saturated heterocycles. The van der Waals surface area contributed by atoms with Gasteiger partial charge in [-0.15, -0.1) is 0 Å². The average molecular weight is 129 g/mol. The minimum atomic E-state index is -0.0347. The normalized spacial score (nSPS) is 41.3. The quantitative estimate of drug-likeness (QED) is 0.358. The summed E-state index contributed by atoms with van der Waals surface area (Å²) in [4.78, 5) is 0. The Morgan fingerprint density at radius 1 is 1.44 bits per heavy atom. The Morgan fingerprint density at radius 3 is 2.11 bits per heavy atom. The Balaban J connectivity index is 2.58. The number of hydroxylamine groups is 3. The highest BCUT2D eigenvalue weighted by atomic mass is 16.5. The van der Waals surface area contributed by atoms with Crippen LogP contribution >= 0.6 is 0 Å². The molecule has 0 amide bonds. The second-order valence-electron chi connectivity index (χ2n) is 4.09. The van der Waals surface area contributed by atoms with Gasteiger partial charge in [-0.2, -0.15) is 0 Å². The first-order valence-electron chi connectivity index (χ1n) is 3.47. The first-order chi connectivity index (χ1) is 3.91. The third-order valence-electron chi connectivity index (χ3n) is 2.02. The van der Waals surface area contributed by atoms with Gasteiger partial charge in [-0.3, -0.25) is 0 Å². The van der Waals surface area contributed by atoms with E-state index in [2.05, 4.69) is 13.8 Å². The molecule has 0 aromatic heterocycles. The van der Waals surface area contributed by atoms with Crippen LogP contribution in [0.5, 0.6) is 0 Å². The SMILES string of the molecule is CC1(C)CC[N+](C)([O-])C1. The van der Waals surface area contributed by atoms with Crippen LogP contribution in [-0.4, -0.2) is 24.8 Å². The molecule has 1 aliphatic heterocycles. The smallest absolute Gasteiger partial charge is 0.0835 e. The van der Waals surface area contributed by atoms with Gasteiger partial charge in [-0.25, -0.2) is 0 Å². The lowest BCUT2D eigenvalue weighted by molar-refractivity contribution is -0.850. The molecule has 1 heterocycles. The molecule has 2 nitrogen and oxygen atoms in total. The summed E-state index contributed by atoms with van der Waals surface area (Å²) in [6.07, 6.45) is 1.08. The maximum absolute atomic E-state index is 11.3. The number of hydrogen-bond acceptors (Lipinski definition) is 1. The fourth-order valence-electron chi connectivity index (χ4n) is 1.60. The van der Waals surface area contributed by atoms with Crippen LogP contribution in [0.25, 0.3) is 0 Å². The molecule has 1 fully saturated rings. The molecular formula is C7H15NO. The van der Waals surface area contributed by atoms with E-state index in [4.69, 9.17) is 0 Å². The summed E-state index contributed by atoms with van der Waals surface area (Å²) in [6.45, 7) is 5.91. The Hall–Kier alpha value is -0.0800. The first kappa shape index (κ1) is 7.03. The van der Waals surface area contributed by atoms with E-state index in [1.54, 1.807) is 7.05 Å². The van der Waals surface area contributed by atoms with Crippen molar-refractivity contribution in [2.75, 3.05) is 20.1 Å². The molecule has 1 aliphatic rings. The molecule has 0 aromatic carbocycles. The van der Waals surface area contributed by atoms with E-state index in [1.807, 2.05) is 0 Å². The third-order valence-corrected chi connectivity index (χ3v) is 2.02. The van der Waals surface area contributed by atoms with Gasteiger partial charge in [0.05, 0.1) is 20.1 Å². The highest BCUT2D eigenvalue weighted by Crippen LogP contribution is 2.31. The predicted molar refractivity (Wildman–Crippen MR) is 37.7 cm³/mol. The molecule has 0 spiro atoms. The maximum Gasteiger partial charge on any atom is 0.0835 e. The molecule has 0 radical (unpaired) electrons. The van der Waals surface area contributed by atoms with Crippen molar-refractivity contribution < 1.29 is 4.65 Å². The summed E-state index contributed by atoms with van der Waals surface area (Å²) < 4.78 is -0.0347. The van der Waals surface area contributed by atoms with Crippen LogP contribution in [-0.2, 0) is 0 Å². The largest absolute Gasteiger partial charge is 0.633 e. The van der Waals surface area contributed by atoms with Crippen LogP contribution in [0.15, 0.2) is 0 Å². The highest BCUT2D eigenvalue weighted by Gasteiger charge is 2.34. The van der Waals surface area contributed by atoms with Crippen molar-refractivity contribution >= 4 is 0 Å². The van der Waals surface area contributed by atoms with Crippen LogP contribution in [0.4, 0.5) is 0 Å². The van der Waals surface area contributed by atoms with Crippen molar-refractivity contribution in [3.05, 3.63) is 5.21 Å². The van der Waals surface area contributed by atoms with Gasteiger partial charge in [0.2, 0.25) is 0 Å². The summed E-state index contributed by atoms with van der Waals surface area (Å²) in [6, 6.07) is 0. The zero-order valence-electron chi connectivity index (χ0n) is 6.48. The monoisotopic (exact) mass is 129 g/mol. The molecule has 0 saturated carbocycles. The number of quaternary nitrogens is 1. The number of rotatable bonds is 0. The highest BCUT2D eigenvalue weighted by molar-refractivity contribution is 4.73. The second kappa shape index (κ2) is 1.70. The van der Waals surface area contributed by atoms with Crippen molar-refractivity contribution in [1.82, 2.24) is 0 Å². The lowest BCUT2D eigenvalue weighted by atomic mass is 9.93. The Labute approximate surface area is 56.6 Å². The van der Waals surface area contributed by atoms with Gasteiger partial charge in [-0.1, -0.05) is 13.8 Å². The molecule has 0 aliphatic carbocycles. The zero-order valence-corrected chi connectivity index (χ0v) is 6.48. The second-order valence-corrected chi connectivity index (χ2v) is 4.09. The fourth-order valence-corrected chi connectivity index (χ4v) is 1.60. The molecule has 1 rings (SSSR count). The minimum absolute atomic E-state index is 0.0347. The van der Waals surface area contributed by atoms with E-state index in [0.717, 1.165) is 19.5 Å². The third kappa shape index (κ3) is 1.66. The summed E-state index contributed by atoms with van der Waals surface area (Å²) in [5.41, 5.74) is 0.288. The number of likely N-dealkylation sites (tertiary alicyclic amines) is 1. The predicted octanol–water partition coefficient (Wildman–Crippen LogP) is 1.36. The van der Waals surface area contributed by atoms with Crippen LogP contribution in [0.1, 0.15) is 20.3 Å². The van der Waals surface area contributed by atoms with Crippen molar-refractivity contribution in [2.45, 2.75) is 20.3 Å². The minimum Gasteiger partial charge on any atom is -0.633 e. The van der Waals surface area contributed by atoms with Gasteiger partial charge in [0.15, 0.2) is 0 Å². The molecular weight excluding hydrogens is 114 g/mol. The van der Waals surface area contributed by atoms with Gasteiger partial charge in [0.25, 0.3) is 0 Å². The molecule has 0 aromatic rings. The molecule has 2 heteroatoms. The molecule has 9 heavy (non-hydrogen) atoms. The van der Waals surface area contributed by atoms with Crippen molar-refractivity contribution in [1.29, 1.82) is 0 Å². The van der Waals surface area contributed by atoms with E-state index in [-0.39, 0.29) is 10.1 Å². The molecule has 54 valence electrons. The first-order valence-corrected chi connectivity index (χ1v) is 3.47. The van der Waals surface area contributed by atoms with E-state index < -0.39 is 0 Å². The maximum atomic E-state index is 11.3. The Kier molecular flexibility index (Phi) is 1.33. The fraction of sp³-hybridized carbons (Fsp3) is 1.00. The lowest BCUT2D eigenvalue weighted by Gasteiger charge is -2.34. The van der Waals surface area contributed by atoms with E-state index in [0.29, 0.717) is 0 Å². The van der Waals surface area contributed by atoms with Gasteiger partial charge >= 0.3 is 0 Å². The summed E-state index contributed by atoms with van der Waals surface area (Å²) in [7, 11) is 1.76. The summed E-state index contributed by atoms with van der Waals surface area (Å²) in [5.74, 6) is 0. The van der Waals surface area contributed by atoms with Crippen molar-refractivity contribution in [3.63, 3.8) is 0 Å². The van der Waals surface area contributed by atoms with E-state index in [9.17, 15) is 5.21 Å². The molecule has 0 bridgehead atoms.